The van der Waals surface area contributed by atoms with Gasteiger partial charge in [-0.1, -0.05) is 19.4 Å². The Hall–Kier alpha value is -2.59. The third-order valence-electron chi connectivity index (χ3n) is 5.84. The fourth-order valence-corrected chi connectivity index (χ4v) is 5.96. The Bertz CT molecular complexity index is 1100. The zero-order valence-electron chi connectivity index (χ0n) is 18.6. The second kappa shape index (κ2) is 9.91. The maximum atomic E-state index is 13.4. The summed E-state index contributed by atoms with van der Waals surface area (Å²) < 4.78 is 38.9. The van der Waals surface area contributed by atoms with E-state index in [0.29, 0.717) is 37.2 Å². The number of nitrogens with zero attached hydrogens (tertiary/aromatic N) is 2. The minimum atomic E-state index is -4.19. The largest absolute Gasteiger partial charge is 0.494 e. The summed E-state index contributed by atoms with van der Waals surface area (Å²) in [6, 6.07) is 5.00. The Morgan fingerprint density at radius 3 is 2.25 bits per heavy atom. The number of benzene rings is 1. The minimum Gasteiger partial charge on any atom is -0.494 e. The molecule has 1 aliphatic carbocycles. The molecule has 3 rings (SSSR count). The Balaban J connectivity index is 2.29. The number of ether oxygens (including phenoxy) is 2. The van der Waals surface area contributed by atoms with Crippen LogP contribution < -0.4 is 15.0 Å². The van der Waals surface area contributed by atoms with Crippen LogP contribution in [0, 0.1) is 0 Å². The van der Waals surface area contributed by atoms with E-state index in [9.17, 15) is 23.4 Å². The van der Waals surface area contributed by atoms with Gasteiger partial charge in [-0.15, -0.1) is 0 Å². The van der Waals surface area contributed by atoms with Gasteiger partial charge in [0, 0.05) is 6.42 Å². The highest BCUT2D eigenvalue weighted by Crippen LogP contribution is 2.38. The summed E-state index contributed by atoms with van der Waals surface area (Å²) in [5.41, 5.74) is -0.714. The van der Waals surface area contributed by atoms with E-state index in [-0.39, 0.29) is 24.4 Å². The lowest BCUT2D eigenvalue weighted by atomic mass is 9.97. The molecule has 2 N–H and O–H groups in total. The average Bonchev–Trinajstić information content (AvgIpc) is 2.77. The van der Waals surface area contributed by atoms with Crippen LogP contribution in [0.15, 0.2) is 27.9 Å². The quantitative estimate of drug-likeness (QED) is 0.607. The summed E-state index contributed by atoms with van der Waals surface area (Å²) in [6.45, 7) is 1.97. The van der Waals surface area contributed by atoms with E-state index in [0.717, 1.165) is 6.42 Å². The van der Waals surface area contributed by atoms with Crippen LogP contribution in [0.3, 0.4) is 0 Å². The van der Waals surface area contributed by atoms with Crippen LogP contribution in [0.25, 0.3) is 5.69 Å². The van der Waals surface area contributed by atoms with Gasteiger partial charge < -0.3 is 19.7 Å². The molecule has 10 heteroatoms. The molecule has 1 heterocycles. The van der Waals surface area contributed by atoms with Gasteiger partial charge in [0.1, 0.15) is 23.0 Å². The van der Waals surface area contributed by atoms with Gasteiger partial charge in [0.25, 0.3) is 5.56 Å². The number of aliphatic hydroxyl groups is 1. The smallest absolute Gasteiger partial charge is 0.295 e. The summed E-state index contributed by atoms with van der Waals surface area (Å²) in [6.07, 6.45) is 2.33. The van der Waals surface area contributed by atoms with Crippen molar-refractivity contribution >= 4 is 9.84 Å². The number of rotatable bonds is 8. The molecule has 0 amide bonds. The molecule has 0 spiro atoms. The number of aromatic hydroxyl groups is 1. The van der Waals surface area contributed by atoms with Crippen molar-refractivity contribution in [1.82, 2.24) is 9.55 Å². The molecule has 2 aromatic rings. The number of aliphatic hydroxyl groups excluding tert-OH is 1. The number of sulfone groups is 1. The Morgan fingerprint density at radius 2 is 1.72 bits per heavy atom. The van der Waals surface area contributed by atoms with Crippen LogP contribution in [0.4, 0.5) is 0 Å². The van der Waals surface area contributed by atoms with E-state index in [1.807, 2.05) is 6.92 Å². The third-order valence-corrected chi connectivity index (χ3v) is 8.12. The molecule has 176 valence electrons. The van der Waals surface area contributed by atoms with Crippen LogP contribution in [-0.4, -0.2) is 53.8 Å². The molecule has 0 unspecified atom stereocenters. The lowest BCUT2D eigenvalue weighted by Crippen LogP contribution is -2.34. The number of para-hydroxylation sites is 1. The van der Waals surface area contributed by atoms with Crippen LogP contribution in [0.5, 0.6) is 17.4 Å². The van der Waals surface area contributed by atoms with Gasteiger partial charge in [-0.05, 0) is 44.2 Å². The second-order valence-electron chi connectivity index (χ2n) is 7.91. The van der Waals surface area contributed by atoms with E-state index < -0.39 is 37.5 Å². The fraction of sp³-hybridized carbons (Fsp3) is 0.545. The predicted octanol–water partition coefficient (Wildman–Crippen LogP) is 2.38. The molecule has 1 fully saturated rings. The third kappa shape index (κ3) is 4.47. The molecule has 0 radical (unpaired) electrons. The lowest BCUT2D eigenvalue weighted by molar-refractivity contribution is 0.131. The average molecular weight is 467 g/mol. The van der Waals surface area contributed by atoms with Crippen molar-refractivity contribution in [1.29, 1.82) is 0 Å². The predicted molar refractivity (Wildman–Crippen MR) is 119 cm³/mol. The molecule has 0 aliphatic heterocycles. The van der Waals surface area contributed by atoms with Crippen molar-refractivity contribution < 1.29 is 28.1 Å². The topological polar surface area (TPSA) is 128 Å². The zero-order valence-corrected chi connectivity index (χ0v) is 19.4. The number of methoxy groups -OCH3 is 2. The van der Waals surface area contributed by atoms with E-state index in [1.54, 1.807) is 18.2 Å². The summed E-state index contributed by atoms with van der Waals surface area (Å²) in [7, 11) is -1.30. The Kier molecular flexibility index (Phi) is 7.45. The van der Waals surface area contributed by atoms with Crippen molar-refractivity contribution in [3.8, 4) is 23.1 Å². The Labute approximate surface area is 187 Å². The fourth-order valence-electron chi connectivity index (χ4n) is 4.10. The minimum absolute atomic E-state index is 0.206. The molecule has 0 atom stereocenters. The monoisotopic (exact) mass is 466 g/mol. The molecule has 1 aliphatic rings. The van der Waals surface area contributed by atoms with Crippen LogP contribution in [-0.2, 0) is 16.3 Å². The van der Waals surface area contributed by atoms with Gasteiger partial charge in [-0.3, -0.25) is 9.36 Å². The second-order valence-corrected chi connectivity index (χ2v) is 10.1. The number of aromatic nitrogens is 2. The Morgan fingerprint density at radius 1 is 1.12 bits per heavy atom. The number of unbranched alkanes of at least 4 members (excludes halogenated alkanes) is 1. The van der Waals surface area contributed by atoms with Crippen LogP contribution >= 0.6 is 0 Å². The van der Waals surface area contributed by atoms with Crippen molar-refractivity contribution in [3.05, 3.63) is 34.4 Å². The van der Waals surface area contributed by atoms with E-state index in [1.165, 1.54) is 18.8 Å². The molecule has 1 saturated carbocycles. The van der Waals surface area contributed by atoms with Gasteiger partial charge in [0.2, 0.25) is 5.88 Å². The molecule has 1 aromatic heterocycles. The van der Waals surface area contributed by atoms with E-state index in [4.69, 9.17) is 9.47 Å². The van der Waals surface area contributed by atoms with E-state index >= 15 is 0 Å². The highest BCUT2D eigenvalue weighted by molar-refractivity contribution is 7.92. The molecular weight excluding hydrogens is 436 g/mol. The first kappa shape index (κ1) is 24.1. The highest BCUT2D eigenvalue weighted by Gasteiger charge is 2.38. The summed E-state index contributed by atoms with van der Waals surface area (Å²) in [5.74, 6) is 0.166. The summed E-state index contributed by atoms with van der Waals surface area (Å²) in [5, 5.41) is 20.1. The van der Waals surface area contributed by atoms with Gasteiger partial charge in [-0.25, -0.2) is 8.42 Å². The van der Waals surface area contributed by atoms with Gasteiger partial charge in [0.15, 0.2) is 14.7 Å². The van der Waals surface area contributed by atoms with Crippen molar-refractivity contribution in [2.75, 3.05) is 14.2 Å². The molecule has 32 heavy (non-hydrogen) atoms. The molecular formula is C22H30N2O7S. The van der Waals surface area contributed by atoms with Crippen molar-refractivity contribution in [3.63, 3.8) is 0 Å². The summed E-state index contributed by atoms with van der Waals surface area (Å²) in [4.78, 5) is 16.2. The number of aryl methyl sites for hydroxylation is 1. The lowest BCUT2D eigenvalue weighted by Gasteiger charge is -2.26. The van der Waals surface area contributed by atoms with Gasteiger partial charge in [0.05, 0.1) is 25.6 Å². The standard InChI is InChI=1S/C22H30N2O7S/c1-4-5-9-18-23-21(26)20(32(28,29)15-12-10-14(25)11-13-15)22(27)24(18)19-16(30-2)7-6-8-17(19)31-3/h6-8,14-15,25,27H,4-5,9-13H2,1-3H3. The van der Waals surface area contributed by atoms with Crippen molar-refractivity contribution in [2.24, 2.45) is 0 Å². The van der Waals surface area contributed by atoms with Crippen LogP contribution in [0.1, 0.15) is 51.3 Å². The zero-order chi connectivity index (χ0) is 23.5. The molecule has 1 aromatic carbocycles. The van der Waals surface area contributed by atoms with E-state index in [2.05, 4.69) is 4.98 Å². The molecule has 9 nitrogen and oxygen atoms in total. The number of hydrogen-bond acceptors (Lipinski definition) is 8. The molecule has 0 bridgehead atoms. The highest BCUT2D eigenvalue weighted by atomic mass is 32.2. The normalized spacial score (nSPS) is 19.0. The first-order valence-corrected chi connectivity index (χ1v) is 12.3. The number of hydrogen-bond donors (Lipinski definition) is 2. The molecule has 0 saturated heterocycles. The first-order chi connectivity index (χ1) is 15.3. The first-order valence-electron chi connectivity index (χ1n) is 10.7. The van der Waals surface area contributed by atoms with Crippen molar-refractivity contribution in [2.45, 2.75) is 68.1 Å². The SMILES string of the molecule is CCCCc1nc(=O)c(S(=O)(=O)C2CCC(O)CC2)c(O)n1-c1c(OC)cccc1OC. The maximum Gasteiger partial charge on any atom is 0.295 e. The maximum absolute atomic E-state index is 13.4. The summed E-state index contributed by atoms with van der Waals surface area (Å²) >= 11 is 0. The van der Waals surface area contributed by atoms with Crippen LogP contribution in [0.2, 0.25) is 0 Å². The van der Waals surface area contributed by atoms with Gasteiger partial charge >= 0.3 is 0 Å². The van der Waals surface area contributed by atoms with Gasteiger partial charge in [-0.2, -0.15) is 4.98 Å².